The summed E-state index contributed by atoms with van der Waals surface area (Å²) in [5.41, 5.74) is 1.58. The Hall–Kier alpha value is -2.17. The molecule has 2 aliphatic heterocycles. The van der Waals surface area contributed by atoms with Crippen molar-refractivity contribution in [3.8, 4) is 0 Å². The number of carbonyl (C=O) groups is 1. The predicted molar refractivity (Wildman–Crippen MR) is 102 cm³/mol. The van der Waals surface area contributed by atoms with Crippen molar-refractivity contribution >= 4 is 5.91 Å². The Morgan fingerprint density at radius 1 is 0.962 bits per heavy atom. The van der Waals surface area contributed by atoms with Crippen LogP contribution in [-0.4, -0.2) is 50.2 Å². The molecule has 4 heteroatoms. The van der Waals surface area contributed by atoms with Gasteiger partial charge < -0.3 is 10.1 Å². The number of hydrogen-bond donors (Lipinski definition) is 1. The predicted octanol–water partition coefficient (Wildman–Crippen LogP) is 2.44. The zero-order valence-electron chi connectivity index (χ0n) is 15.1. The van der Waals surface area contributed by atoms with Crippen LogP contribution in [0.3, 0.4) is 0 Å². The van der Waals surface area contributed by atoms with Gasteiger partial charge in [-0.3, -0.25) is 9.69 Å². The highest BCUT2D eigenvalue weighted by Gasteiger charge is 2.52. The summed E-state index contributed by atoms with van der Waals surface area (Å²) in [5.74, 6) is 0.365. The van der Waals surface area contributed by atoms with Crippen LogP contribution in [0.5, 0.6) is 0 Å². The minimum absolute atomic E-state index is 0.127. The smallest absolute Gasteiger partial charge is 0.235 e. The number of nitrogens with one attached hydrogen (secondary N) is 1. The van der Waals surface area contributed by atoms with Crippen LogP contribution in [0.25, 0.3) is 0 Å². The van der Waals surface area contributed by atoms with Crippen molar-refractivity contribution in [1.29, 1.82) is 0 Å². The summed E-state index contributed by atoms with van der Waals surface area (Å²) >= 11 is 0. The third-order valence-electron chi connectivity index (χ3n) is 5.84. The lowest BCUT2D eigenvalue weighted by Gasteiger charge is -2.35. The number of carbonyl (C=O) groups excluding carboxylic acids is 1. The quantitative estimate of drug-likeness (QED) is 0.901. The van der Waals surface area contributed by atoms with Crippen molar-refractivity contribution in [1.82, 2.24) is 10.2 Å². The second-order valence-electron chi connectivity index (χ2n) is 7.19. The SMILES string of the molecule is O=C1NCC(CCN2CCOCC2)C1(c1ccccc1)c1ccccc1. The number of ether oxygens (including phenoxy) is 1. The fourth-order valence-electron chi connectivity index (χ4n) is 4.48. The summed E-state index contributed by atoms with van der Waals surface area (Å²) in [4.78, 5) is 15.7. The number of amides is 1. The normalized spacial score (nSPS) is 22.9. The van der Waals surface area contributed by atoms with Gasteiger partial charge in [-0.05, 0) is 24.1 Å². The molecule has 1 N–H and O–H groups in total. The fraction of sp³-hybridized carbons (Fsp3) is 0.409. The van der Waals surface area contributed by atoms with E-state index in [-0.39, 0.29) is 11.8 Å². The van der Waals surface area contributed by atoms with Gasteiger partial charge in [0.15, 0.2) is 0 Å². The Morgan fingerprint density at radius 2 is 1.54 bits per heavy atom. The van der Waals surface area contributed by atoms with Crippen LogP contribution < -0.4 is 5.32 Å². The largest absolute Gasteiger partial charge is 0.379 e. The van der Waals surface area contributed by atoms with Crippen LogP contribution in [-0.2, 0) is 14.9 Å². The highest BCUT2D eigenvalue weighted by molar-refractivity contribution is 5.94. The number of morpholine rings is 1. The molecule has 2 fully saturated rings. The van der Waals surface area contributed by atoms with Crippen molar-refractivity contribution in [3.05, 3.63) is 71.8 Å². The summed E-state index contributed by atoms with van der Waals surface area (Å²) < 4.78 is 5.46. The summed E-state index contributed by atoms with van der Waals surface area (Å²) in [6.45, 7) is 5.32. The van der Waals surface area contributed by atoms with Crippen LogP contribution in [0.2, 0.25) is 0 Å². The first-order valence-corrected chi connectivity index (χ1v) is 9.51. The van der Waals surface area contributed by atoms with Crippen LogP contribution in [0.15, 0.2) is 60.7 Å². The van der Waals surface area contributed by atoms with Gasteiger partial charge in [0.2, 0.25) is 5.91 Å². The first kappa shape index (κ1) is 17.3. The maximum atomic E-state index is 13.2. The van der Waals surface area contributed by atoms with Crippen molar-refractivity contribution in [2.24, 2.45) is 5.92 Å². The first-order valence-electron chi connectivity index (χ1n) is 9.51. The van der Waals surface area contributed by atoms with Crippen molar-refractivity contribution in [3.63, 3.8) is 0 Å². The Morgan fingerprint density at radius 3 is 2.12 bits per heavy atom. The fourth-order valence-corrected chi connectivity index (χ4v) is 4.48. The molecular formula is C22H26N2O2. The molecule has 2 aliphatic rings. The molecule has 26 heavy (non-hydrogen) atoms. The summed E-state index contributed by atoms with van der Waals surface area (Å²) in [5, 5.41) is 3.16. The molecule has 2 heterocycles. The third kappa shape index (κ3) is 3.04. The molecule has 0 saturated carbocycles. The highest BCUT2D eigenvalue weighted by Crippen LogP contribution is 2.44. The zero-order valence-corrected chi connectivity index (χ0v) is 15.1. The van der Waals surface area contributed by atoms with Gasteiger partial charge in [-0.1, -0.05) is 60.7 Å². The molecule has 1 atom stereocenters. The Labute approximate surface area is 155 Å². The van der Waals surface area contributed by atoms with Crippen LogP contribution >= 0.6 is 0 Å². The lowest BCUT2D eigenvalue weighted by atomic mass is 9.66. The minimum Gasteiger partial charge on any atom is -0.379 e. The second-order valence-corrected chi connectivity index (χ2v) is 7.19. The number of nitrogens with zero attached hydrogens (tertiary/aromatic N) is 1. The highest BCUT2D eigenvalue weighted by atomic mass is 16.5. The molecule has 4 nitrogen and oxygen atoms in total. The molecule has 4 rings (SSSR count). The van der Waals surface area contributed by atoms with Crippen LogP contribution in [0, 0.1) is 5.92 Å². The monoisotopic (exact) mass is 350 g/mol. The number of hydrogen-bond acceptors (Lipinski definition) is 3. The molecule has 2 aromatic carbocycles. The van der Waals surface area contributed by atoms with E-state index in [0.717, 1.165) is 56.9 Å². The van der Waals surface area contributed by atoms with E-state index in [1.54, 1.807) is 0 Å². The first-order chi connectivity index (χ1) is 12.8. The molecule has 0 aromatic heterocycles. The molecule has 2 aromatic rings. The Bertz CT molecular complexity index is 687. The van der Waals surface area contributed by atoms with Crippen LogP contribution in [0.4, 0.5) is 0 Å². The maximum Gasteiger partial charge on any atom is 0.235 e. The number of benzene rings is 2. The standard InChI is InChI=1S/C22H26N2O2/c25-21-22(18-7-3-1-4-8-18,19-9-5-2-6-10-19)20(17-23-21)11-12-24-13-15-26-16-14-24/h1-10,20H,11-17H2,(H,23,25). The molecular weight excluding hydrogens is 324 g/mol. The van der Waals surface area contributed by atoms with E-state index >= 15 is 0 Å². The summed E-state index contributed by atoms with van der Waals surface area (Å²) in [7, 11) is 0. The van der Waals surface area contributed by atoms with Crippen LogP contribution in [0.1, 0.15) is 17.5 Å². The van der Waals surface area contributed by atoms with Crippen molar-refractivity contribution in [2.75, 3.05) is 39.4 Å². The van der Waals surface area contributed by atoms with E-state index in [0.29, 0.717) is 0 Å². The minimum atomic E-state index is -0.602. The average molecular weight is 350 g/mol. The van der Waals surface area contributed by atoms with Gasteiger partial charge in [0.05, 0.1) is 13.2 Å². The Kier molecular flexibility index (Phi) is 5.05. The number of rotatable bonds is 5. The van der Waals surface area contributed by atoms with E-state index in [1.165, 1.54) is 0 Å². The topological polar surface area (TPSA) is 41.6 Å². The summed E-state index contributed by atoms with van der Waals surface area (Å²) in [6, 6.07) is 20.5. The molecule has 1 unspecified atom stereocenters. The van der Waals surface area contributed by atoms with Gasteiger partial charge in [-0.25, -0.2) is 0 Å². The van der Waals surface area contributed by atoms with Gasteiger partial charge in [0.1, 0.15) is 5.41 Å². The van der Waals surface area contributed by atoms with E-state index < -0.39 is 5.41 Å². The van der Waals surface area contributed by atoms with Gasteiger partial charge in [-0.2, -0.15) is 0 Å². The molecule has 1 amide bonds. The lowest BCUT2D eigenvalue weighted by molar-refractivity contribution is -0.123. The van der Waals surface area contributed by atoms with Gasteiger partial charge >= 0.3 is 0 Å². The van der Waals surface area contributed by atoms with E-state index in [1.807, 2.05) is 36.4 Å². The van der Waals surface area contributed by atoms with Crippen molar-refractivity contribution in [2.45, 2.75) is 11.8 Å². The molecule has 0 bridgehead atoms. The van der Waals surface area contributed by atoms with Gasteiger partial charge in [-0.15, -0.1) is 0 Å². The second kappa shape index (κ2) is 7.60. The van der Waals surface area contributed by atoms with E-state index in [4.69, 9.17) is 4.74 Å². The van der Waals surface area contributed by atoms with Crippen molar-refractivity contribution < 1.29 is 9.53 Å². The maximum absolute atomic E-state index is 13.2. The average Bonchev–Trinajstić information content (AvgIpc) is 3.05. The molecule has 0 spiro atoms. The summed E-state index contributed by atoms with van der Waals surface area (Å²) in [6.07, 6.45) is 0.989. The molecule has 136 valence electrons. The van der Waals surface area contributed by atoms with E-state index in [2.05, 4.69) is 34.5 Å². The lowest BCUT2D eigenvalue weighted by Crippen LogP contribution is -2.43. The Balaban J connectivity index is 1.68. The third-order valence-corrected chi connectivity index (χ3v) is 5.84. The van der Waals surface area contributed by atoms with Gasteiger partial charge in [0.25, 0.3) is 0 Å². The zero-order chi connectivity index (χ0) is 17.8. The van der Waals surface area contributed by atoms with E-state index in [9.17, 15) is 4.79 Å². The molecule has 0 aliphatic carbocycles. The molecule has 0 radical (unpaired) electrons. The molecule has 2 saturated heterocycles. The van der Waals surface area contributed by atoms with Gasteiger partial charge in [0, 0.05) is 25.6 Å².